The second kappa shape index (κ2) is 7.83. The first-order valence-electron chi connectivity index (χ1n) is 8.78. The third kappa shape index (κ3) is 3.12. The van der Waals surface area contributed by atoms with E-state index in [1.165, 1.54) is 11.3 Å². The fourth-order valence-electron chi connectivity index (χ4n) is 3.70. The number of nitrogens with zero attached hydrogens (tertiary/aromatic N) is 3. The number of Topliss-reactive ketones (excluding diaryl/α,β-unsaturated/α-hetero) is 1. The molecule has 0 aromatic carbocycles. The van der Waals surface area contributed by atoms with Crippen molar-refractivity contribution in [3.63, 3.8) is 0 Å². The minimum absolute atomic E-state index is 0.0780. The van der Waals surface area contributed by atoms with Gasteiger partial charge in [0.2, 0.25) is 5.13 Å². The van der Waals surface area contributed by atoms with E-state index in [0.717, 1.165) is 27.6 Å². The lowest BCUT2D eigenvalue weighted by molar-refractivity contribution is -0.116. The Hall–Kier alpha value is -1.93. The molecule has 6 nitrogen and oxygen atoms in total. The molecule has 4 rings (SSSR count). The number of thioether (sulfide) groups is 1. The standard InChI is InChI=1S/C18H17N5OS4/c1-2-26-16-9(6-7-27-16)13-10(8-19)15(20)23(17-21-22-18(25)28-17)11-4-3-5-12(24)14(11)13/h6-7,13H,2-5,20H2,1H3,(H,22,25). The molecule has 0 fully saturated rings. The number of rotatable bonds is 4. The van der Waals surface area contributed by atoms with Gasteiger partial charge in [0.15, 0.2) is 9.74 Å². The second-order valence-corrected chi connectivity index (χ2v) is 10.4. The molecule has 144 valence electrons. The third-order valence-corrected chi connectivity index (χ3v) is 8.00. The van der Waals surface area contributed by atoms with Crippen molar-refractivity contribution in [2.75, 3.05) is 10.7 Å². The van der Waals surface area contributed by atoms with E-state index in [2.05, 4.69) is 23.2 Å². The maximum atomic E-state index is 13.0. The highest BCUT2D eigenvalue weighted by molar-refractivity contribution is 8.01. The molecular weight excluding hydrogens is 431 g/mol. The summed E-state index contributed by atoms with van der Waals surface area (Å²) in [4.78, 5) is 14.8. The van der Waals surface area contributed by atoms with Gasteiger partial charge in [-0.15, -0.1) is 28.2 Å². The minimum Gasteiger partial charge on any atom is -0.384 e. The van der Waals surface area contributed by atoms with Gasteiger partial charge in [-0.05, 0) is 47.8 Å². The van der Waals surface area contributed by atoms with Crippen LogP contribution in [0.15, 0.2) is 38.3 Å². The number of anilines is 1. The fraction of sp³-hybridized carbons (Fsp3) is 0.333. The Morgan fingerprint density at radius 3 is 3.04 bits per heavy atom. The predicted molar refractivity (Wildman–Crippen MR) is 116 cm³/mol. The molecule has 0 saturated heterocycles. The van der Waals surface area contributed by atoms with E-state index in [9.17, 15) is 10.1 Å². The SMILES string of the molecule is CCSc1sccc1C1C(C#N)=C(N)N(c2n[nH]c(=S)s2)C2=C1C(=O)CCC2. The maximum absolute atomic E-state index is 13.0. The van der Waals surface area contributed by atoms with Gasteiger partial charge < -0.3 is 5.73 Å². The summed E-state index contributed by atoms with van der Waals surface area (Å²) >= 11 is 9.81. The van der Waals surface area contributed by atoms with E-state index in [1.54, 1.807) is 28.0 Å². The molecule has 3 heterocycles. The van der Waals surface area contributed by atoms with Crippen molar-refractivity contribution in [2.24, 2.45) is 5.73 Å². The van der Waals surface area contributed by atoms with Crippen molar-refractivity contribution in [1.29, 1.82) is 5.26 Å². The number of carbonyl (C=O) groups excluding carboxylic acids is 1. The highest BCUT2D eigenvalue weighted by atomic mass is 32.2. The molecule has 0 spiro atoms. The van der Waals surface area contributed by atoms with Crippen LogP contribution in [0.2, 0.25) is 0 Å². The monoisotopic (exact) mass is 447 g/mol. The number of nitriles is 1. The summed E-state index contributed by atoms with van der Waals surface area (Å²) in [6, 6.07) is 4.30. The molecule has 10 heteroatoms. The van der Waals surface area contributed by atoms with Crippen LogP contribution in [0.3, 0.4) is 0 Å². The summed E-state index contributed by atoms with van der Waals surface area (Å²) in [7, 11) is 0. The normalized spacial score (nSPS) is 19.8. The summed E-state index contributed by atoms with van der Waals surface area (Å²) < 4.78 is 1.65. The van der Waals surface area contributed by atoms with Gasteiger partial charge in [0.1, 0.15) is 5.82 Å². The lowest BCUT2D eigenvalue weighted by Crippen LogP contribution is -2.38. The van der Waals surface area contributed by atoms with Crippen molar-refractivity contribution < 1.29 is 4.79 Å². The lowest BCUT2D eigenvalue weighted by atomic mass is 9.76. The fourth-order valence-corrected chi connectivity index (χ4v) is 6.69. The summed E-state index contributed by atoms with van der Waals surface area (Å²) in [5, 5.41) is 19.6. The largest absolute Gasteiger partial charge is 0.384 e. The van der Waals surface area contributed by atoms with Crippen molar-refractivity contribution in [3.8, 4) is 6.07 Å². The zero-order valence-electron chi connectivity index (χ0n) is 15.0. The topological polar surface area (TPSA) is 98.8 Å². The number of carbonyl (C=O) groups is 1. The van der Waals surface area contributed by atoms with Gasteiger partial charge in [-0.2, -0.15) is 5.26 Å². The van der Waals surface area contributed by atoms with Crippen molar-refractivity contribution in [3.05, 3.63) is 43.6 Å². The number of nitrogens with two attached hydrogens (primary N) is 1. The van der Waals surface area contributed by atoms with E-state index in [1.807, 2.05) is 11.4 Å². The van der Waals surface area contributed by atoms with Crippen LogP contribution >= 0.6 is 46.7 Å². The highest BCUT2D eigenvalue weighted by Crippen LogP contribution is 2.49. The van der Waals surface area contributed by atoms with Crippen molar-refractivity contribution in [1.82, 2.24) is 10.2 Å². The molecule has 1 aliphatic carbocycles. The molecule has 2 aromatic heterocycles. The smallest absolute Gasteiger partial charge is 0.216 e. The molecule has 28 heavy (non-hydrogen) atoms. The number of nitrogens with one attached hydrogen (secondary N) is 1. The molecule has 0 radical (unpaired) electrons. The molecule has 2 aromatic rings. The Labute approximate surface area is 179 Å². The Morgan fingerprint density at radius 2 is 2.36 bits per heavy atom. The Bertz CT molecular complexity index is 1100. The first kappa shape index (κ1) is 19.4. The van der Waals surface area contributed by atoms with Gasteiger partial charge in [0, 0.05) is 17.7 Å². The Balaban J connectivity index is 1.96. The Morgan fingerprint density at radius 1 is 1.54 bits per heavy atom. The average molecular weight is 448 g/mol. The van der Waals surface area contributed by atoms with Crippen molar-refractivity contribution >= 4 is 57.6 Å². The van der Waals surface area contributed by atoms with E-state index in [0.29, 0.717) is 38.9 Å². The number of allylic oxidation sites excluding steroid dienone is 3. The van der Waals surface area contributed by atoms with Gasteiger partial charge in [0.05, 0.1) is 21.8 Å². The maximum Gasteiger partial charge on any atom is 0.216 e. The van der Waals surface area contributed by atoms with Gasteiger partial charge in [-0.25, -0.2) is 0 Å². The number of hydrogen-bond donors (Lipinski definition) is 2. The molecule has 1 unspecified atom stereocenters. The average Bonchev–Trinajstić information content (AvgIpc) is 3.30. The van der Waals surface area contributed by atoms with Gasteiger partial charge >= 0.3 is 0 Å². The lowest BCUT2D eigenvalue weighted by Gasteiger charge is -2.38. The van der Waals surface area contributed by atoms with Gasteiger partial charge in [-0.3, -0.25) is 14.8 Å². The van der Waals surface area contributed by atoms with E-state index < -0.39 is 5.92 Å². The summed E-state index contributed by atoms with van der Waals surface area (Å²) in [5.74, 6) is 0.909. The van der Waals surface area contributed by atoms with Crippen molar-refractivity contribution in [2.45, 2.75) is 36.3 Å². The summed E-state index contributed by atoms with van der Waals surface area (Å²) in [5.41, 5.74) is 9.41. The molecular formula is C18H17N5OS4. The van der Waals surface area contributed by atoms with Gasteiger partial charge in [-0.1, -0.05) is 18.3 Å². The Kier molecular flexibility index (Phi) is 5.42. The first-order valence-corrected chi connectivity index (χ1v) is 11.9. The molecule has 1 atom stereocenters. The van der Waals surface area contributed by atoms with Crippen LogP contribution in [0.5, 0.6) is 0 Å². The quantitative estimate of drug-likeness (QED) is 0.518. The molecule has 1 aliphatic heterocycles. The third-order valence-electron chi connectivity index (χ3n) is 4.78. The molecule has 2 aliphatic rings. The summed E-state index contributed by atoms with van der Waals surface area (Å²) in [6.07, 6.45) is 1.95. The molecule has 0 amide bonds. The van der Waals surface area contributed by atoms with E-state index in [4.69, 9.17) is 18.0 Å². The van der Waals surface area contributed by atoms with Crippen LogP contribution < -0.4 is 10.6 Å². The number of ketones is 1. The summed E-state index contributed by atoms with van der Waals surface area (Å²) in [6.45, 7) is 2.09. The number of aromatic amines is 1. The molecule has 0 bridgehead atoms. The van der Waals surface area contributed by atoms with Crippen LogP contribution in [-0.4, -0.2) is 21.7 Å². The number of aromatic nitrogens is 2. The minimum atomic E-state index is -0.420. The second-order valence-electron chi connectivity index (χ2n) is 6.31. The predicted octanol–water partition coefficient (Wildman–Crippen LogP) is 4.68. The van der Waals surface area contributed by atoms with Crippen LogP contribution in [0.4, 0.5) is 5.13 Å². The number of H-pyrrole nitrogens is 1. The number of thiophene rings is 1. The molecule has 3 N–H and O–H groups in total. The zero-order chi connectivity index (χ0) is 19.8. The zero-order valence-corrected chi connectivity index (χ0v) is 18.3. The van der Waals surface area contributed by atoms with Gasteiger partial charge in [0.25, 0.3) is 0 Å². The van der Waals surface area contributed by atoms with E-state index >= 15 is 0 Å². The van der Waals surface area contributed by atoms with Crippen LogP contribution in [0.25, 0.3) is 0 Å². The molecule has 0 saturated carbocycles. The van der Waals surface area contributed by atoms with Crippen LogP contribution in [0, 0.1) is 15.3 Å². The van der Waals surface area contributed by atoms with Crippen LogP contribution in [-0.2, 0) is 4.79 Å². The first-order chi connectivity index (χ1) is 13.6. The highest BCUT2D eigenvalue weighted by Gasteiger charge is 2.42. The number of hydrogen-bond acceptors (Lipinski definition) is 9. The van der Waals surface area contributed by atoms with E-state index in [-0.39, 0.29) is 5.78 Å². The van der Waals surface area contributed by atoms with Crippen LogP contribution in [0.1, 0.15) is 37.7 Å².